The molecule has 0 unspecified atom stereocenters. The van der Waals surface area contributed by atoms with E-state index in [0.717, 1.165) is 6.67 Å². The van der Waals surface area contributed by atoms with Crippen LogP contribution in [0.15, 0.2) is 12.4 Å². The first-order chi connectivity index (χ1) is 16.9. The van der Waals surface area contributed by atoms with E-state index in [0.29, 0.717) is 0 Å². The fourth-order valence-electron chi connectivity index (χ4n) is 5.30. The third-order valence-corrected chi connectivity index (χ3v) is 7.70. The molecule has 0 saturated heterocycles. The molecule has 0 aromatic heterocycles. The lowest BCUT2D eigenvalue weighted by molar-refractivity contribution is 0.257. The SMILES string of the molecule is CCCCCCCCCCCCCCCCCCCN1C=CN(CCCCCCCCCC)C1. The van der Waals surface area contributed by atoms with Crippen LogP contribution in [0.1, 0.15) is 174 Å². The van der Waals surface area contributed by atoms with Gasteiger partial charge in [0.15, 0.2) is 0 Å². The maximum Gasteiger partial charge on any atom is 0.0893 e. The second kappa shape index (κ2) is 25.4. The van der Waals surface area contributed by atoms with Crippen LogP contribution >= 0.6 is 0 Å². The molecule has 0 radical (unpaired) electrons. The number of hydrogen-bond acceptors (Lipinski definition) is 2. The molecule has 0 aliphatic carbocycles. The lowest BCUT2D eigenvalue weighted by Crippen LogP contribution is -2.26. The van der Waals surface area contributed by atoms with Crippen molar-refractivity contribution in [1.82, 2.24) is 9.80 Å². The zero-order valence-electron chi connectivity index (χ0n) is 23.8. The fraction of sp³-hybridized carbons (Fsp3) is 0.938. The second-order valence-electron chi connectivity index (χ2n) is 11.2. The van der Waals surface area contributed by atoms with E-state index in [1.807, 2.05) is 0 Å². The van der Waals surface area contributed by atoms with Gasteiger partial charge in [-0.1, -0.05) is 162 Å². The van der Waals surface area contributed by atoms with Crippen LogP contribution in [0.5, 0.6) is 0 Å². The number of hydrogen-bond donors (Lipinski definition) is 0. The Labute approximate surface area is 216 Å². The Hall–Kier alpha value is -0.660. The summed E-state index contributed by atoms with van der Waals surface area (Å²) >= 11 is 0. The zero-order chi connectivity index (χ0) is 24.4. The Balaban J connectivity index is 1.74. The average Bonchev–Trinajstić information content (AvgIpc) is 3.30. The molecule has 34 heavy (non-hydrogen) atoms. The first kappa shape index (κ1) is 31.4. The maximum absolute atomic E-state index is 2.52. The first-order valence-corrected chi connectivity index (χ1v) is 16.0. The molecular formula is C32H64N2. The van der Waals surface area contributed by atoms with Crippen molar-refractivity contribution in [2.24, 2.45) is 0 Å². The topological polar surface area (TPSA) is 6.48 Å². The zero-order valence-corrected chi connectivity index (χ0v) is 23.8. The molecule has 2 nitrogen and oxygen atoms in total. The fourth-order valence-corrected chi connectivity index (χ4v) is 5.30. The van der Waals surface area contributed by atoms with Crippen molar-refractivity contribution in [2.75, 3.05) is 19.8 Å². The number of unbranched alkanes of at least 4 members (excludes halogenated alkanes) is 23. The largest absolute Gasteiger partial charge is 0.359 e. The van der Waals surface area contributed by atoms with E-state index in [-0.39, 0.29) is 0 Å². The number of rotatable bonds is 27. The van der Waals surface area contributed by atoms with Gasteiger partial charge in [0.05, 0.1) is 6.67 Å². The molecule has 0 aromatic rings. The lowest BCUT2D eigenvalue weighted by Gasteiger charge is -2.21. The third kappa shape index (κ3) is 20.7. The summed E-state index contributed by atoms with van der Waals surface area (Å²) in [5, 5.41) is 0. The maximum atomic E-state index is 2.52. The predicted molar refractivity (Wildman–Crippen MR) is 154 cm³/mol. The molecule has 0 fully saturated rings. The number of nitrogens with zero attached hydrogens (tertiary/aromatic N) is 2. The van der Waals surface area contributed by atoms with Crippen molar-refractivity contribution in [2.45, 2.75) is 174 Å². The van der Waals surface area contributed by atoms with Gasteiger partial charge in [-0.2, -0.15) is 0 Å². The van der Waals surface area contributed by atoms with Gasteiger partial charge in [-0.25, -0.2) is 0 Å². The minimum Gasteiger partial charge on any atom is -0.359 e. The van der Waals surface area contributed by atoms with Gasteiger partial charge in [0.1, 0.15) is 0 Å². The Morgan fingerprint density at radius 3 is 0.853 bits per heavy atom. The van der Waals surface area contributed by atoms with Gasteiger partial charge in [0.2, 0.25) is 0 Å². The van der Waals surface area contributed by atoms with E-state index in [2.05, 4.69) is 36.0 Å². The van der Waals surface area contributed by atoms with E-state index >= 15 is 0 Å². The molecule has 0 bridgehead atoms. The standard InChI is InChI=1S/C32H64N2/c1-3-5-7-9-11-13-14-15-16-17-18-19-20-21-23-25-27-29-34-31-30-33(32-34)28-26-24-22-12-10-8-6-4-2/h30-31H,3-29,32H2,1-2H3. The molecule has 0 saturated carbocycles. The molecule has 0 amide bonds. The van der Waals surface area contributed by atoms with Crippen LogP contribution in [0.2, 0.25) is 0 Å². The summed E-state index contributed by atoms with van der Waals surface area (Å²) in [6, 6.07) is 0. The van der Waals surface area contributed by atoms with Crippen molar-refractivity contribution < 1.29 is 0 Å². The van der Waals surface area contributed by atoms with Crippen molar-refractivity contribution in [3.05, 3.63) is 12.4 Å². The first-order valence-electron chi connectivity index (χ1n) is 16.0. The molecule has 0 atom stereocenters. The summed E-state index contributed by atoms with van der Waals surface area (Å²) in [6.45, 7) is 8.24. The van der Waals surface area contributed by atoms with E-state index in [4.69, 9.17) is 0 Å². The molecule has 0 spiro atoms. The van der Waals surface area contributed by atoms with Crippen molar-refractivity contribution >= 4 is 0 Å². The normalized spacial score (nSPS) is 13.5. The van der Waals surface area contributed by atoms with Crippen LogP contribution in [0.3, 0.4) is 0 Å². The van der Waals surface area contributed by atoms with Crippen LogP contribution in [0.25, 0.3) is 0 Å². The Kier molecular flexibility index (Phi) is 23.5. The summed E-state index contributed by atoms with van der Waals surface area (Å²) in [4.78, 5) is 5.04. The van der Waals surface area contributed by atoms with Crippen LogP contribution in [0, 0.1) is 0 Å². The van der Waals surface area contributed by atoms with Crippen LogP contribution in [0.4, 0.5) is 0 Å². The van der Waals surface area contributed by atoms with Crippen molar-refractivity contribution in [1.29, 1.82) is 0 Å². The molecule has 1 rings (SSSR count). The van der Waals surface area contributed by atoms with Gasteiger partial charge < -0.3 is 9.80 Å². The predicted octanol–water partition coefficient (Wildman–Crippen LogP) is 10.8. The Morgan fingerprint density at radius 2 is 0.588 bits per heavy atom. The smallest absolute Gasteiger partial charge is 0.0893 e. The van der Waals surface area contributed by atoms with Gasteiger partial charge in [0, 0.05) is 25.5 Å². The third-order valence-electron chi connectivity index (χ3n) is 7.70. The highest BCUT2D eigenvalue weighted by Gasteiger charge is 2.10. The van der Waals surface area contributed by atoms with Crippen LogP contribution in [-0.4, -0.2) is 29.6 Å². The highest BCUT2D eigenvalue weighted by molar-refractivity contribution is 4.90. The van der Waals surface area contributed by atoms with Crippen molar-refractivity contribution in [3.63, 3.8) is 0 Å². The average molecular weight is 477 g/mol. The van der Waals surface area contributed by atoms with Crippen molar-refractivity contribution in [3.8, 4) is 0 Å². The van der Waals surface area contributed by atoms with Gasteiger partial charge in [-0.15, -0.1) is 0 Å². The molecule has 1 aliphatic rings. The molecule has 1 aliphatic heterocycles. The van der Waals surface area contributed by atoms with Crippen LogP contribution < -0.4 is 0 Å². The molecule has 2 heteroatoms. The summed E-state index contributed by atoms with van der Waals surface area (Å²) in [5.41, 5.74) is 0. The summed E-state index contributed by atoms with van der Waals surface area (Å²) in [5.74, 6) is 0. The minimum absolute atomic E-state index is 1.13. The van der Waals surface area contributed by atoms with E-state index in [9.17, 15) is 0 Å². The molecule has 1 heterocycles. The minimum atomic E-state index is 1.13. The summed E-state index contributed by atoms with van der Waals surface area (Å²) < 4.78 is 0. The summed E-state index contributed by atoms with van der Waals surface area (Å²) in [6.07, 6.45) is 40.7. The van der Waals surface area contributed by atoms with E-state index in [1.165, 1.54) is 174 Å². The highest BCUT2D eigenvalue weighted by Crippen LogP contribution is 2.15. The van der Waals surface area contributed by atoms with Gasteiger partial charge in [-0.05, 0) is 12.8 Å². The molecule has 0 aromatic carbocycles. The monoisotopic (exact) mass is 477 g/mol. The van der Waals surface area contributed by atoms with Crippen LogP contribution in [-0.2, 0) is 0 Å². The Bertz CT molecular complexity index is 419. The Morgan fingerprint density at radius 1 is 0.353 bits per heavy atom. The van der Waals surface area contributed by atoms with E-state index < -0.39 is 0 Å². The lowest BCUT2D eigenvalue weighted by atomic mass is 10.0. The van der Waals surface area contributed by atoms with Gasteiger partial charge >= 0.3 is 0 Å². The highest BCUT2D eigenvalue weighted by atomic mass is 15.3. The van der Waals surface area contributed by atoms with Gasteiger partial charge in [-0.3, -0.25) is 0 Å². The molecule has 0 N–H and O–H groups in total. The molecule has 202 valence electrons. The van der Waals surface area contributed by atoms with E-state index in [1.54, 1.807) is 0 Å². The van der Waals surface area contributed by atoms with Gasteiger partial charge in [0.25, 0.3) is 0 Å². The summed E-state index contributed by atoms with van der Waals surface area (Å²) in [7, 11) is 0. The second-order valence-corrected chi connectivity index (χ2v) is 11.2. The molecular weight excluding hydrogens is 412 g/mol. The quantitative estimate of drug-likeness (QED) is 0.109.